The van der Waals surface area contributed by atoms with Crippen LogP contribution in [0.1, 0.15) is 25.0 Å². The Hall–Kier alpha value is -3.51. The van der Waals surface area contributed by atoms with Gasteiger partial charge in [-0.3, -0.25) is 0 Å². The molecule has 0 aromatic heterocycles. The Morgan fingerprint density at radius 3 is 1.70 bits per heavy atom. The summed E-state index contributed by atoms with van der Waals surface area (Å²) in [6, 6.07) is 36.4. The lowest BCUT2D eigenvalue weighted by atomic mass is 9.87. The summed E-state index contributed by atoms with van der Waals surface area (Å²) in [7, 11) is 3.54. The minimum Gasteiger partial charge on any atom is -0.416 e. The van der Waals surface area contributed by atoms with Crippen molar-refractivity contribution in [3.63, 3.8) is 0 Å². The van der Waals surface area contributed by atoms with Crippen LogP contribution < -0.4 is 21.6 Å². The lowest BCUT2D eigenvalue weighted by Crippen LogP contribution is -2.27. The molecule has 0 aliphatic heterocycles. The summed E-state index contributed by atoms with van der Waals surface area (Å²) in [5.74, 6) is 0. The number of para-hydroxylation sites is 2. The highest BCUT2D eigenvalue weighted by atomic mass is 16.5. The third-order valence-corrected chi connectivity index (χ3v) is 5.57. The molecule has 0 aliphatic carbocycles. The Morgan fingerprint density at radius 2 is 1.11 bits per heavy atom. The van der Waals surface area contributed by atoms with E-state index in [0.717, 1.165) is 33.4 Å². The summed E-state index contributed by atoms with van der Waals surface area (Å²) in [6.45, 7) is 5.02. The molecule has 0 spiro atoms. The fraction of sp³-hybridized carbons (Fsp3) is 0.200. The molecule has 2 unspecified atom stereocenters. The maximum Gasteiger partial charge on any atom is 0.332 e. The van der Waals surface area contributed by atoms with Crippen molar-refractivity contribution in [3.05, 3.63) is 120 Å². The number of benzene rings is 4. The second-order valence-corrected chi connectivity index (χ2v) is 8.79. The monoisotopic (exact) mass is 490 g/mol. The van der Waals surface area contributed by atoms with Crippen molar-refractivity contribution in [2.24, 2.45) is 0 Å². The molecule has 0 saturated heterocycles. The smallest absolute Gasteiger partial charge is 0.332 e. The summed E-state index contributed by atoms with van der Waals surface area (Å²) >= 11 is 0. The summed E-state index contributed by atoms with van der Waals surface area (Å²) in [4.78, 5) is 0. The van der Waals surface area contributed by atoms with E-state index in [4.69, 9.17) is 14.0 Å². The third kappa shape index (κ3) is 9.46. The Kier molecular flexibility index (Phi) is 10.3. The van der Waals surface area contributed by atoms with Crippen LogP contribution in [0.15, 0.2) is 109 Å². The Labute approximate surface area is 221 Å². The SMILES string of the molecule is CC(Nc1ccccc1)O[B]c1ccc(COCc2cccc([B]OC(C)Nc3ccccc3)c2)cc1. The average molecular weight is 490 g/mol. The summed E-state index contributed by atoms with van der Waals surface area (Å²) < 4.78 is 17.6. The van der Waals surface area contributed by atoms with Crippen LogP contribution in [-0.4, -0.2) is 27.4 Å². The maximum absolute atomic E-state index is 5.95. The van der Waals surface area contributed by atoms with E-state index in [9.17, 15) is 0 Å². The molecule has 0 heterocycles. The number of anilines is 2. The van der Waals surface area contributed by atoms with Crippen LogP contribution in [0.4, 0.5) is 11.4 Å². The van der Waals surface area contributed by atoms with E-state index in [2.05, 4.69) is 34.9 Å². The topological polar surface area (TPSA) is 51.8 Å². The molecule has 0 bridgehead atoms. The van der Waals surface area contributed by atoms with Gasteiger partial charge >= 0.3 is 15.0 Å². The number of hydrogen-bond donors (Lipinski definition) is 2. The van der Waals surface area contributed by atoms with Gasteiger partial charge in [-0.1, -0.05) is 95.9 Å². The highest BCUT2D eigenvalue weighted by Gasteiger charge is 2.07. The molecule has 2 radical (unpaired) electrons. The molecule has 0 amide bonds. The third-order valence-electron chi connectivity index (χ3n) is 5.57. The minimum absolute atomic E-state index is 0.132. The van der Waals surface area contributed by atoms with Crippen LogP contribution in [0, 0.1) is 0 Å². The van der Waals surface area contributed by atoms with Gasteiger partial charge in [-0.25, -0.2) is 0 Å². The molecule has 186 valence electrons. The first-order chi connectivity index (χ1) is 18.1. The standard InChI is InChI=1S/C30H32B2N2O3/c1-23(33-29-12-5-3-6-13-29)36-31-27-18-16-25(17-19-27)21-35-22-26-10-9-11-28(20-26)32-37-24(2)34-30-14-7-4-8-15-30/h3-20,23-24,33-34H,21-22H2,1-2H3. The highest BCUT2D eigenvalue weighted by Crippen LogP contribution is 2.09. The van der Waals surface area contributed by atoms with Crippen molar-refractivity contribution in [2.45, 2.75) is 39.5 Å². The molecule has 0 fully saturated rings. The van der Waals surface area contributed by atoms with Crippen LogP contribution in [0.25, 0.3) is 0 Å². The maximum atomic E-state index is 5.95. The molecule has 2 N–H and O–H groups in total. The number of hydrogen-bond acceptors (Lipinski definition) is 5. The highest BCUT2D eigenvalue weighted by molar-refractivity contribution is 6.47. The largest absolute Gasteiger partial charge is 0.416 e. The average Bonchev–Trinajstić information content (AvgIpc) is 2.93. The quantitative estimate of drug-likeness (QED) is 0.196. The number of ether oxygens (including phenoxy) is 1. The zero-order valence-electron chi connectivity index (χ0n) is 21.3. The molecule has 4 aromatic rings. The predicted molar refractivity (Wildman–Crippen MR) is 153 cm³/mol. The van der Waals surface area contributed by atoms with E-state index >= 15 is 0 Å². The van der Waals surface area contributed by atoms with Gasteiger partial charge in [0.05, 0.1) is 13.2 Å². The van der Waals surface area contributed by atoms with Crippen molar-refractivity contribution in [1.82, 2.24) is 0 Å². The van der Waals surface area contributed by atoms with Crippen molar-refractivity contribution < 1.29 is 14.0 Å². The van der Waals surface area contributed by atoms with Gasteiger partial charge in [0.1, 0.15) is 12.5 Å². The molecule has 7 heteroatoms. The van der Waals surface area contributed by atoms with Crippen molar-refractivity contribution >= 4 is 37.3 Å². The van der Waals surface area contributed by atoms with E-state index in [0.29, 0.717) is 13.2 Å². The normalized spacial score (nSPS) is 12.4. The molecule has 0 aliphatic rings. The second kappa shape index (κ2) is 14.3. The minimum atomic E-state index is -0.142. The van der Waals surface area contributed by atoms with Gasteiger partial charge in [0, 0.05) is 11.4 Å². The Morgan fingerprint density at radius 1 is 0.568 bits per heavy atom. The van der Waals surface area contributed by atoms with Crippen molar-refractivity contribution in [2.75, 3.05) is 10.6 Å². The van der Waals surface area contributed by atoms with E-state index in [1.807, 2.05) is 98.8 Å². The molecule has 5 nitrogen and oxygen atoms in total. The van der Waals surface area contributed by atoms with E-state index in [1.54, 1.807) is 15.0 Å². The van der Waals surface area contributed by atoms with E-state index < -0.39 is 0 Å². The lowest BCUT2D eigenvalue weighted by molar-refractivity contribution is 0.107. The molecular formula is C30H32B2N2O3. The van der Waals surface area contributed by atoms with Crippen LogP contribution in [0.5, 0.6) is 0 Å². The second-order valence-electron chi connectivity index (χ2n) is 8.79. The van der Waals surface area contributed by atoms with Crippen LogP contribution >= 0.6 is 0 Å². The number of nitrogens with one attached hydrogen (secondary N) is 2. The van der Waals surface area contributed by atoms with E-state index in [-0.39, 0.29) is 12.5 Å². The zero-order valence-corrected chi connectivity index (χ0v) is 21.3. The molecule has 0 saturated carbocycles. The Balaban J connectivity index is 1.15. The fourth-order valence-electron chi connectivity index (χ4n) is 3.70. The van der Waals surface area contributed by atoms with Gasteiger partial charge in [-0.2, -0.15) is 0 Å². The van der Waals surface area contributed by atoms with Gasteiger partial charge in [-0.15, -0.1) is 0 Å². The van der Waals surface area contributed by atoms with Gasteiger partial charge in [0.2, 0.25) is 0 Å². The van der Waals surface area contributed by atoms with Gasteiger partial charge in [-0.05, 0) is 49.2 Å². The lowest BCUT2D eigenvalue weighted by Gasteiger charge is -2.16. The summed E-state index contributed by atoms with van der Waals surface area (Å²) in [5, 5.41) is 6.62. The fourth-order valence-corrected chi connectivity index (χ4v) is 3.70. The van der Waals surface area contributed by atoms with Gasteiger partial charge < -0.3 is 24.7 Å². The molecule has 4 aromatic carbocycles. The number of rotatable bonds is 14. The van der Waals surface area contributed by atoms with Crippen molar-refractivity contribution in [1.29, 1.82) is 0 Å². The molecule has 2 atom stereocenters. The summed E-state index contributed by atoms with van der Waals surface area (Å²) in [6.07, 6.45) is -0.275. The van der Waals surface area contributed by atoms with E-state index in [1.165, 1.54) is 0 Å². The summed E-state index contributed by atoms with van der Waals surface area (Å²) in [5.41, 5.74) is 6.27. The Bertz CT molecular complexity index is 1190. The van der Waals surface area contributed by atoms with Crippen molar-refractivity contribution in [3.8, 4) is 0 Å². The zero-order chi connectivity index (χ0) is 25.7. The molecule has 4 rings (SSSR count). The van der Waals surface area contributed by atoms with Gasteiger partial charge in [0.25, 0.3) is 0 Å². The predicted octanol–water partition coefficient (Wildman–Crippen LogP) is 4.84. The molecular weight excluding hydrogens is 458 g/mol. The van der Waals surface area contributed by atoms with Crippen LogP contribution in [0.2, 0.25) is 0 Å². The van der Waals surface area contributed by atoms with Gasteiger partial charge in [0.15, 0.2) is 0 Å². The van der Waals surface area contributed by atoms with Crippen LogP contribution in [0.3, 0.4) is 0 Å². The first-order valence-corrected chi connectivity index (χ1v) is 12.5. The first kappa shape index (κ1) is 26.6. The first-order valence-electron chi connectivity index (χ1n) is 12.5. The van der Waals surface area contributed by atoms with Crippen LogP contribution in [-0.2, 0) is 27.3 Å². The molecule has 37 heavy (non-hydrogen) atoms.